The summed E-state index contributed by atoms with van der Waals surface area (Å²) in [6.07, 6.45) is 4.23. The zero-order valence-corrected chi connectivity index (χ0v) is 23.1. The van der Waals surface area contributed by atoms with E-state index in [-0.39, 0.29) is 24.0 Å². The van der Waals surface area contributed by atoms with Crippen LogP contribution in [-0.2, 0) is 29.2 Å². The van der Waals surface area contributed by atoms with E-state index in [2.05, 4.69) is 63.5 Å². The van der Waals surface area contributed by atoms with Crippen molar-refractivity contribution in [3.8, 4) is 0 Å². The predicted molar refractivity (Wildman–Crippen MR) is 153 cm³/mol. The topological polar surface area (TPSA) is 86.8 Å². The number of hydrogen-bond acceptors (Lipinski definition) is 7. The molecular formula is C31H39N5O3. The van der Waals surface area contributed by atoms with Crippen molar-refractivity contribution in [2.45, 2.75) is 52.0 Å². The van der Waals surface area contributed by atoms with Gasteiger partial charge in [-0.2, -0.15) is 0 Å². The number of benzene rings is 2. The molecule has 0 unspecified atom stereocenters. The molecule has 2 heterocycles. The molecule has 1 fully saturated rings. The van der Waals surface area contributed by atoms with E-state index in [1.54, 1.807) is 24.5 Å². The molecule has 0 radical (unpaired) electrons. The zero-order chi connectivity index (χ0) is 27.6. The number of aromatic nitrogens is 1. The van der Waals surface area contributed by atoms with E-state index in [1.807, 2.05) is 24.3 Å². The van der Waals surface area contributed by atoms with Gasteiger partial charge >= 0.3 is 5.97 Å². The Morgan fingerprint density at radius 1 is 0.974 bits per heavy atom. The van der Waals surface area contributed by atoms with E-state index in [1.165, 1.54) is 18.4 Å². The fourth-order valence-corrected chi connectivity index (χ4v) is 5.08. The number of rotatable bonds is 12. The van der Waals surface area contributed by atoms with Gasteiger partial charge in [0.25, 0.3) is 0 Å². The van der Waals surface area contributed by atoms with Crippen molar-refractivity contribution in [3.63, 3.8) is 0 Å². The number of nitrogens with zero attached hydrogens (tertiary/aromatic N) is 3. The number of nitrogens with one attached hydrogen (secondary N) is 2. The summed E-state index contributed by atoms with van der Waals surface area (Å²) in [4.78, 5) is 33.8. The second-order valence-electron chi connectivity index (χ2n) is 9.87. The molecule has 1 aliphatic rings. The van der Waals surface area contributed by atoms with Crippen molar-refractivity contribution in [1.82, 2.24) is 20.5 Å². The maximum absolute atomic E-state index is 13.3. The van der Waals surface area contributed by atoms with Crippen LogP contribution >= 0.6 is 0 Å². The predicted octanol–water partition coefficient (Wildman–Crippen LogP) is 3.76. The summed E-state index contributed by atoms with van der Waals surface area (Å²) < 4.78 is 4.79. The monoisotopic (exact) mass is 529 g/mol. The standard InChI is InChI=1S/C31H39N5O3/c1-4-35(5-2)28-14-10-24(11-15-28)21-36-22-27(33-19-23-8-12-26(13-9-23)31(38)39-3)17-29(36)30(37)34-20-25-7-6-16-32-18-25/h6-16,18,27,29,33H,4-5,17,19-22H2,1-3H3,(H,34,37)/t27-,29-/m0/s1. The Kier molecular flexibility index (Phi) is 10.1. The Hall–Kier alpha value is -3.75. The number of carbonyl (C=O) groups is 2. The maximum atomic E-state index is 13.3. The summed E-state index contributed by atoms with van der Waals surface area (Å²) in [5, 5.41) is 6.73. The Balaban J connectivity index is 1.41. The summed E-state index contributed by atoms with van der Waals surface area (Å²) >= 11 is 0. The largest absolute Gasteiger partial charge is 0.465 e. The Bertz CT molecular complexity index is 1200. The second kappa shape index (κ2) is 13.9. The number of hydrogen-bond donors (Lipinski definition) is 2. The molecule has 2 N–H and O–H groups in total. The first-order valence-corrected chi connectivity index (χ1v) is 13.7. The SMILES string of the molecule is CCN(CC)c1ccc(CN2C[C@@H](NCc3ccc(C(=O)OC)cc3)C[C@H]2C(=O)NCc2cccnc2)cc1. The van der Waals surface area contributed by atoms with Crippen molar-refractivity contribution in [2.75, 3.05) is 31.6 Å². The van der Waals surface area contributed by atoms with Crippen LogP contribution in [0.4, 0.5) is 5.69 Å². The average molecular weight is 530 g/mol. The third-order valence-electron chi connectivity index (χ3n) is 7.32. The third-order valence-corrected chi connectivity index (χ3v) is 7.32. The molecule has 0 saturated carbocycles. The first-order valence-electron chi connectivity index (χ1n) is 13.7. The summed E-state index contributed by atoms with van der Waals surface area (Å²) in [6, 6.07) is 19.9. The molecule has 2 atom stereocenters. The lowest BCUT2D eigenvalue weighted by molar-refractivity contribution is -0.125. The first-order chi connectivity index (χ1) is 19.0. The Labute approximate surface area is 231 Å². The van der Waals surface area contributed by atoms with Crippen molar-refractivity contribution in [3.05, 3.63) is 95.3 Å². The highest BCUT2D eigenvalue weighted by molar-refractivity contribution is 5.89. The molecule has 206 valence electrons. The molecular weight excluding hydrogens is 490 g/mol. The first kappa shape index (κ1) is 28.3. The number of ether oxygens (including phenoxy) is 1. The van der Waals surface area contributed by atoms with Crippen molar-refractivity contribution in [2.24, 2.45) is 0 Å². The van der Waals surface area contributed by atoms with Gasteiger partial charge in [0.2, 0.25) is 5.91 Å². The van der Waals surface area contributed by atoms with Crippen LogP contribution in [0.5, 0.6) is 0 Å². The highest BCUT2D eigenvalue weighted by Gasteiger charge is 2.36. The van der Waals surface area contributed by atoms with Crippen LogP contribution in [0.2, 0.25) is 0 Å². The normalized spacial score (nSPS) is 17.1. The summed E-state index contributed by atoms with van der Waals surface area (Å²) in [6.45, 7) is 8.86. The lowest BCUT2D eigenvalue weighted by Gasteiger charge is -2.25. The van der Waals surface area contributed by atoms with Gasteiger partial charge in [-0.05, 0) is 67.3 Å². The van der Waals surface area contributed by atoms with Gasteiger partial charge in [0.05, 0.1) is 18.7 Å². The van der Waals surface area contributed by atoms with Crippen LogP contribution < -0.4 is 15.5 Å². The maximum Gasteiger partial charge on any atom is 0.337 e. The van der Waals surface area contributed by atoms with Crippen LogP contribution in [0.25, 0.3) is 0 Å². The fourth-order valence-electron chi connectivity index (χ4n) is 5.08. The van der Waals surface area contributed by atoms with Gasteiger partial charge in [-0.3, -0.25) is 14.7 Å². The van der Waals surface area contributed by atoms with Gasteiger partial charge in [0.1, 0.15) is 0 Å². The summed E-state index contributed by atoms with van der Waals surface area (Å²) in [5.41, 5.74) is 4.99. The number of methoxy groups -OCH3 is 1. The molecule has 0 bridgehead atoms. The number of amides is 1. The molecule has 1 amide bonds. The molecule has 0 spiro atoms. The molecule has 2 aromatic carbocycles. The minimum absolute atomic E-state index is 0.0327. The molecule has 4 rings (SSSR count). The van der Waals surface area contributed by atoms with Crippen LogP contribution in [0, 0.1) is 0 Å². The second-order valence-corrected chi connectivity index (χ2v) is 9.87. The van der Waals surface area contributed by atoms with Gasteiger partial charge < -0.3 is 20.3 Å². The quantitative estimate of drug-likeness (QED) is 0.346. The van der Waals surface area contributed by atoms with Crippen LogP contribution in [0.1, 0.15) is 47.3 Å². The van der Waals surface area contributed by atoms with E-state index in [9.17, 15) is 9.59 Å². The van der Waals surface area contributed by atoms with Gasteiger partial charge in [-0.1, -0.05) is 30.3 Å². The molecule has 8 heteroatoms. The molecule has 3 aromatic rings. The molecule has 1 saturated heterocycles. The van der Waals surface area contributed by atoms with Crippen LogP contribution in [-0.4, -0.2) is 60.6 Å². The molecule has 8 nitrogen and oxygen atoms in total. The smallest absolute Gasteiger partial charge is 0.337 e. The minimum atomic E-state index is -0.341. The molecule has 0 aliphatic carbocycles. The van der Waals surface area contributed by atoms with Crippen molar-refractivity contribution >= 4 is 17.6 Å². The Morgan fingerprint density at radius 2 is 1.69 bits per heavy atom. The van der Waals surface area contributed by atoms with Crippen molar-refractivity contribution in [1.29, 1.82) is 0 Å². The minimum Gasteiger partial charge on any atom is -0.465 e. The van der Waals surface area contributed by atoms with Gasteiger partial charge in [-0.25, -0.2) is 4.79 Å². The van der Waals surface area contributed by atoms with E-state index >= 15 is 0 Å². The van der Waals surface area contributed by atoms with E-state index in [4.69, 9.17) is 4.74 Å². The lowest BCUT2D eigenvalue weighted by atomic mass is 10.1. The summed E-state index contributed by atoms with van der Waals surface area (Å²) in [7, 11) is 1.38. The van der Waals surface area contributed by atoms with Gasteiger partial charge in [0.15, 0.2) is 0 Å². The van der Waals surface area contributed by atoms with E-state index in [0.717, 1.165) is 37.2 Å². The highest BCUT2D eigenvalue weighted by Crippen LogP contribution is 2.23. The molecule has 1 aliphatic heterocycles. The Morgan fingerprint density at radius 3 is 2.33 bits per heavy atom. The van der Waals surface area contributed by atoms with E-state index in [0.29, 0.717) is 25.2 Å². The van der Waals surface area contributed by atoms with Gasteiger partial charge in [0, 0.05) is 63.4 Å². The number of likely N-dealkylation sites (tertiary alicyclic amines) is 1. The van der Waals surface area contributed by atoms with Crippen LogP contribution in [0.15, 0.2) is 73.1 Å². The third kappa shape index (κ3) is 7.65. The molecule has 39 heavy (non-hydrogen) atoms. The highest BCUT2D eigenvalue weighted by atomic mass is 16.5. The number of carbonyl (C=O) groups excluding carboxylic acids is 2. The molecule has 1 aromatic heterocycles. The average Bonchev–Trinajstić information content (AvgIpc) is 3.39. The number of pyridine rings is 1. The van der Waals surface area contributed by atoms with E-state index < -0.39 is 0 Å². The van der Waals surface area contributed by atoms with Gasteiger partial charge in [-0.15, -0.1) is 0 Å². The van der Waals surface area contributed by atoms with Crippen LogP contribution in [0.3, 0.4) is 0 Å². The number of anilines is 1. The lowest BCUT2D eigenvalue weighted by Crippen LogP contribution is -2.42. The number of esters is 1. The summed E-state index contributed by atoms with van der Waals surface area (Å²) in [5.74, 6) is -0.309. The zero-order valence-electron chi connectivity index (χ0n) is 23.1. The van der Waals surface area contributed by atoms with Crippen molar-refractivity contribution < 1.29 is 14.3 Å². The fraction of sp³-hybridized carbons (Fsp3) is 0.387.